The van der Waals surface area contributed by atoms with Gasteiger partial charge in [-0.05, 0) is 20.2 Å². The van der Waals surface area contributed by atoms with Crippen LogP contribution in [0.5, 0.6) is 0 Å². The third-order valence-electron chi connectivity index (χ3n) is 4.56. The number of likely N-dealkylation sites (N-methyl/N-ethyl adjacent to an activating group) is 1. The van der Waals surface area contributed by atoms with Crippen molar-refractivity contribution in [3.05, 3.63) is 47.5 Å². The van der Waals surface area contributed by atoms with Gasteiger partial charge >= 0.3 is 0 Å². The molecule has 1 aromatic carbocycles. The van der Waals surface area contributed by atoms with Crippen molar-refractivity contribution >= 4 is 16.9 Å². The van der Waals surface area contributed by atoms with Gasteiger partial charge in [-0.15, -0.1) is 5.10 Å². The van der Waals surface area contributed by atoms with Gasteiger partial charge in [0.05, 0.1) is 19.3 Å². The highest BCUT2D eigenvalue weighted by Gasteiger charge is 2.27. The molecule has 1 aliphatic rings. The number of fused-ring (bicyclic) bond motifs is 3. The first-order valence-electron chi connectivity index (χ1n) is 8.45. The predicted octanol–water partition coefficient (Wildman–Crippen LogP) is 1.78. The van der Waals surface area contributed by atoms with E-state index in [9.17, 15) is 4.79 Å². The van der Waals surface area contributed by atoms with Crippen molar-refractivity contribution in [2.45, 2.75) is 19.5 Å². The molecule has 0 saturated carbocycles. The zero-order valence-electron chi connectivity index (χ0n) is 14.5. The highest BCUT2D eigenvalue weighted by molar-refractivity contribution is 5.92. The average Bonchev–Trinajstić information content (AvgIpc) is 3.23. The van der Waals surface area contributed by atoms with Crippen LogP contribution in [0.25, 0.3) is 11.0 Å². The summed E-state index contributed by atoms with van der Waals surface area (Å²) in [7, 11) is 4.01. The number of furan rings is 1. The number of para-hydroxylation sites is 1. The second-order valence-electron chi connectivity index (χ2n) is 6.65. The maximum Gasteiger partial charge on any atom is 0.276 e. The minimum atomic E-state index is -0.0768. The standard InChI is InChI=1S/C18H21N5O2/c1-21(2)9-10-23-12-15(19-20-23)18(24)22-8-7-17-14(11-22)13-5-3-4-6-16(13)25-17/h3-6,12H,7-11H2,1-2H3. The molecule has 7 heteroatoms. The first-order chi connectivity index (χ1) is 12.1. The van der Waals surface area contributed by atoms with Gasteiger partial charge in [-0.25, -0.2) is 0 Å². The summed E-state index contributed by atoms with van der Waals surface area (Å²) in [6, 6.07) is 7.97. The van der Waals surface area contributed by atoms with E-state index in [4.69, 9.17) is 4.42 Å². The predicted molar refractivity (Wildman–Crippen MR) is 93.2 cm³/mol. The Morgan fingerprint density at radius 3 is 3.00 bits per heavy atom. The maximum atomic E-state index is 12.8. The van der Waals surface area contributed by atoms with Crippen LogP contribution in [0, 0.1) is 0 Å². The molecule has 0 bridgehead atoms. The molecule has 1 aliphatic heterocycles. The van der Waals surface area contributed by atoms with Gasteiger partial charge in [-0.3, -0.25) is 9.48 Å². The van der Waals surface area contributed by atoms with Crippen molar-refractivity contribution in [1.82, 2.24) is 24.8 Å². The molecule has 25 heavy (non-hydrogen) atoms. The van der Waals surface area contributed by atoms with Crippen LogP contribution in [0.4, 0.5) is 0 Å². The fourth-order valence-corrected chi connectivity index (χ4v) is 3.17. The van der Waals surface area contributed by atoms with Crippen molar-refractivity contribution in [3.8, 4) is 0 Å². The second-order valence-corrected chi connectivity index (χ2v) is 6.65. The normalized spacial score (nSPS) is 14.3. The van der Waals surface area contributed by atoms with Gasteiger partial charge in [0.25, 0.3) is 5.91 Å². The Hall–Kier alpha value is -2.67. The molecule has 0 aliphatic carbocycles. The van der Waals surface area contributed by atoms with Gasteiger partial charge in [-0.2, -0.15) is 0 Å². The van der Waals surface area contributed by atoms with Crippen molar-refractivity contribution in [1.29, 1.82) is 0 Å². The quantitative estimate of drug-likeness (QED) is 0.725. The smallest absolute Gasteiger partial charge is 0.276 e. The molecule has 0 N–H and O–H groups in total. The summed E-state index contributed by atoms with van der Waals surface area (Å²) in [4.78, 5) is 16.7. The van der Waals surface area contributed by atoms with Crippen LogP contribution in [0.15, 0.2) is 34.9 Å². The zero-order valence-corrected chi connectivity index (χ0v) is 14.5. The number of nitrogens with zero attached hydrogens (tertiary/aromatic N) is 5. The summed E-state index contributed by atoms with van der Waals surface area (Å²) >= 11 is 0. The summed E-state index contributed by atoms with van der Waals surface area (Å²) in [6.07, 6.45) is 2.46. The number of benzene rings is 1. The van der Waals surface area contributed by atoms with Crippen molar-refractivity contribution in [3.63, 3.8) is 0 Å². The Kier molecular flexibility index (Phi) is 4.01. The molecule has 3 aromatic rings. The van der Waals surface area contributed by atoms with Gasteiger partial charge < -0.3 is 14.2 Å². The molecule has 4 rings (SSSR count). The fourth-order valence-electron chi connectivity index (χ4n) is 3.17. The van der Waals surface area contributed by atoms with E-state index >= 15 is 0 Å². The number of hydrogen-bond donors (Lipinski definition) is 0. The molecule has 130 valence electrons. The largest absolute Gasteiger partial charge is 0.461 e. The van der Waals surface area contributed by atoms with Gasteiger partial charge in [0, 0.05) is 30.5 Å². The van der Waals surface area contributed by atoms with Crippen molar-refractivity contribution in [2.24, 2.45) is 0 Å². The van der Waals surface area contributed by atoms with E-state index in [0.717, 1.165) is 35.3 Å². The zero-order chi connectivity index (χ0) is 17.4. The lowest BCUT2D eigenvalue weighted by Crippen LogP contribution is -2.35. The van der Waals surface area contributed by atoms with Crippen LogP contribution in [0.2, 0.25) is 0 Å². The molecule has 0 unspecified atom stereocenters. The Morgan fingerprint density at radius 2 is 2.16 bits per heavy atom. The van der Waals surface area contributed by atoms with Gasteiger partial charge in [0.15, 0.2) is 5.69 Å². The Labute approximate surface area is 145 Å². The van der Waals surface area contributed by atoms with E-state index in [-0.39, 0.29) is 5.91 Å². The number of hydrogen-bond acceptors (Lipinski definition) is 5. The topological polar surface area (TPSA) is 67.4 Å². The number of carbonyl (C=O) groups is 1. The highest BCUT2D eigenvalue weighted by atomic mass is 16.3. The molecular formula is C18H21N5O2. The van der Waals surface area contributed by atoms with Crippen LogP contribution >= 0.6 is 0 Å². The van der Waals surface area contributed by atoms with E-state index in [1.165, 1.54) is 0 Å². The van der Waals surface area contributed by atoms with Crippen LogP contribution in [-0.4, -0.2) is 57.9 Å². The first-order valence-corrected chi connectivity index (χ1v) is 8.45. The number of rotatable bonds is 4. The molecule has 0 radical (unpaired) electrons. The monoisotopic (exact) mass is 339 g/mol. The molecular weight excluding hydrogens is 318 g/mol. The van der Waals surface area contributed by atoms with Crippen LogP contribution in [-0.2, 0) is 19.5 Å². The Balaban J connectivity index is 1.52. The highest BCUT2D eigenvalue weighted by Crippen LogP contribution is 2.30. The van der Waals surface area contributed by atoms with Crippen molar-refractivity contribution < 1.29 is 9.21 Å². The Bertz CT molecular complexity index is 911. The minimum Gasteiger partial charge on any atom is -0.461 e. The lowest BCUT2D eigenvalue weighted by atomic mass is 10.0. The fraction of sp³-hybridized carbons (Fsp3) is 0.389. The van der Waals surface area contributed by atoms with Gasteiger partial charge in [-0.1, -0.05) is 23.4 Å². The van der Waals surface area contributed by atoms with E-state index in [1.807, 2.05) is 43.3 Å². The molecule has 0 fully saturated rings. The molecule has 0 atom stereocenters. The summed E-state index contributed by atoms with van der Waals surface area (Å²) in [5.41, 5.74) is 2.39. The van der Waals surface area contributed by atoms with Crippen LogP contribution in [0.3, 0.4) is 0 Å². The average molecular weight is 339 g/mol. The molecule has 0 saturated heterocycles. The molecule has 3 heterocycles. The van der Waals surface area contributed by atoms with E-state index < -0.39 is 0 Å². The number of carbonyl (C=O) groups excluding carboxylic acids is 1. The third-order valence-corrected chi connectivity index (χ3v) is 4.56. The van der Waals surface area contributed by atoms with Gasteiger partial charge in [0.1, 0.15) is 11.3 Å². The summed E-state index contributed by atoms with van der Waals surface area (Å²) < 4.78 is 7.63. The van der Waals surface area contributed by atoms with Crippen molar-refractivity contribution in [2.75, 3.05) is 27.2 Å². The number of aromatic nitrogens is 3. The van der Waals surface area contributed by atoms with E-state index in [0.29, 0.717) is 25.3 Å². The Morgan fingerprint density at radius 1 is 1.32 bits per heavy atom. The number of amides is 1. The minimum absolute atomic E-state index is 0.0768. The van der Waals surface area contributed by atoms with Crippen LogP contribution in [0.1, 0.15) is 21.8 Å². The van der Waals surface area contributed by atoms with E-state index in [2.05, 4.69) is 15.2 Å². The SMILES string of the molecule is CN(C)CCn1cc(C(=O)N2CCc3oc4ccccc4c3C2)nn1. The van der Waals surface area contributed by atoms with Gasteiger partial charge in [0.2, 0.25) is 0 Å². The maximum absolute atomic E-state index is 12.8. The summed E-state index contributed by atoms with van der Waals surface area (Å²) in [6.45, 7) is 2.75. The van der Waals surface area contributed by atoms with Crippen LogP contribution < -0.4 is 0 Å². The second kappa shape index (κ2) is 6.33. The first kappa shape index (κ1) is 15.8. The summed E-state index contributed by atoms with van der Waals surface area (Å²) in [5, 5.41) is 9.20. The third kappa shape index (κ3) is 3.02. The summed E-state index contributed by atoms with van der Waals surface area (Å²) in [5.74, 6) is 0.909. The molecule has 0 spiro atoms. The molecule has 7 nitrogen and oxygen atoms in total. The molecule has 2 aromatic heterocycles. The lowest BCUT2D eigenvalue weighted by Gasteiger charge is -2.25. The van der Waals surface area contributed by atoms with E-state index in [1.54, 1.807) is 10.9 Å². The lowest BCUT2D eigenvalue weighted by molar-refractivity contribution is 0.0724. The molecule has 1 amide bonds.